The number of fused-ring (bicyclic) bond motifs is 1. The van der Waals surface area contributed by atoms with E-state index >= 15 is 0 Å². The topological polar surface area (TPSA) is 115 Å². The van der Waals surface area contributed by atoms with Crippen LogP contribution in [0.15, 0.2) is 48.9 Å². The molecule has 1 saturated heterocycles. The lowest BCUT2D eigenvalue weighted by Gasteiger charge is -2.35. The largest absolute Gasteiger partial charge is 0.444 e. The molecule has 0 unspecified atom stereocenters. The van der Waals surface area contributed by atoms with Crippen LogP contribution in [0.3, 0.4) is 0 Å². The SMILES string of the molecule is CN(CC(F)(F)F)c1cc(-c2ccc3nc(Nc4cc(CN5CCN(C(=O)OC(C)(C)C)CC5)ccn4)[nH]c3c2)ncn1. The van der Waals surface area contributed by atoms with Crippen molar-refractivity contribution in [2.75, 3.05) is 50.0 Å². The summed E-state index contributed by atoms with van der Waals surface area (Å²) in [4.78, 5) is 37.9. The fraction of sp³-hybridized carbons (Fsp3) is 0.414. The number of anilines is 3. The molecular formula is C29H34F3N9O2. The summed E-state index contributed by atoms with van der Waals surface area (Å²) in [6.07, 6.45) is -1.64. The van der Waals surface area contributed by atoms with Gasteiger partial charge in [0.2, 0.25) is 5.95 Å². The molecule has 1 aromatic carbocycles. The molecule has 0 radical (unpaired) electrons. The number of benzene rings is 1. The van der Waals surface area contributed by atoms with Gasteiger partial charge >= 0.3 is 12.3 Å². The fourth-order valence-corrected chi connectivity index (χ4v) is 4.73. The molecule has 3 aromatic heterocycles. The van der Waals surface area contributed by atoms with E-state index in [2.05, 4.69) is 35.1 Å². The number of nitrogens with one attached hydrogen (secondary N) is 2. The molecule has 0 atom stereocenters. The van der Waals surface area contributed by atoms with Crippen molar-refractivity contribution in [3.8, 4) is 11.3 Å². The summed E-state index contributed by atoms with van der Waals surface area (Å²) in [5.74, 6) is 1.29. The first-order valence-corrected chi connectivity index (χ1v) is 13.8. The molecule has 4 aromatic rings. The van der Waals surface area contributed by atoms with Crippen molar-refractivity contribution < 1.29 is 22.7 Å². The Labute approximate surface area is 247 Å². The van der Waals surface area contributed by atoms with Gasteiger partial charge in [-0.05, 0) is 50.6 Å². The smallest absolute Gasteiger partial charge is 0.410 e. The van der Waals surface area contributed by atoms with Crippen molar-refractivity contribution in [2.45, 2.75) is 39.1 Å². The van der Waals surface area contributed by atoms with Crippen molar-refractivity contribution in [1.29, 1.82) is 0 Å². The maximum Gasteiger partial charge on any atom is 0.410 e. The summed E-state index contributed by atoms with van der Waals surface area (Å²) in [5, 5.41) is 3.22. The summed E-state index contributed by atoms with van der Waals surface area (Å²) in [5.41, 5.74) is 3.18. The van der Waals surface area contributed by atoms with Crippen LogP contribution in [0, 0.1) is 0 Å². The highest BCUT2D eigenvalue weighted by Gasteiger charge is 2.30. The van der Waals surface area contributed by atoms with E-state index in [1.165, 1.54) is 19.4 Å². The first-order chi connectivity index (χ1) is 20.3. The lowest BCUT2D eigenvalue weighted by atomic mass is 10.1. The molecule has 5 rings (SSSR count). The van der Waals surface area contributed by atoms with Crippen molar-refractivity contribution in [1.82, 2.24) is 34.7 Å². The Kier molecular flexibility index (Phi) is 8.40. The molecule has 2 N–H and O–H groups in total. The number of hydrogen-bond acceptors (Lipinski definition) is 9. The van der Waals surface area contributed by atoms with Gasteiger partial charge in [0.15, 0.2) is 0 Å². The van der Waals surface area contributed by atoms with E-state index in [0.29, 0.717) is 48.2 Å². The van der Waals surface area contributed by atoms with Crippen LogP contribution in [0.1, 0.15) is 26.3 Å². The van der Waals surface area contributed by atoms with Gasteiger partial charge in [0.05, 0.1) is 16.7 Å². The molecule has 0 bridgehead atoms. The van der Waals surface area contributed by atoms with Crippen LogP contribution in [0.4, 0.5) is 35.5 Å². The number of rotatable bonds is 7. The van der Waals surface area contributed by atoms with Crippen LogP contribution in [0.2, 0.25) is 0 Å². The van der Waals surface area contributed by atoms with Gasteiger partial charge in [0.25, 0.3) is 0 Å². The van der Waals surface area contributed by atoms with Crippen LogP contribution in [0.5, 0.6) is 0 Å². The van der Waals surface area contributed by atoms with E-state index in [9.17, 15) is 18.0 Å². The second-order valence-corrected chi connectivity index (χ2v) is 11.5. The predicted octanol–water partition coefficient (Wildman–Crippen LogP) is 5.21. The van der Waals surface area contributed by atoms with Crippen LogP contribution in [-0.2, 0) is 11.3 Å². The quantitative estimate of drug-likeness (QED) is 0.296. The Morgan fingerprint density at radius 2 is 1.81 bits per heavy atom. The Morgan fingerprint density at radius 1 is 1.05 bits per heavy atom. The normalized spacial score (nSPS) is 14.6. The summed E-state index contributed by atoms with van der Waals surface area (Å²) in [6.45, 7) is 7.87. The lowest BCUT2D eigenvalue weighted by Crippen LogP contribution is -2.49. The third-order valence-electron chi connectivity index (χ3n) is 6.74. The van der Waals surface area contributed by atoms with Crippen LogP contribution in [0.25, 0.3) is 22.3 Å². The Bertz CT molecular complexity index is 1580. The molecule has 1 aliphatic heterocycles. The average molecular weight is 598 g/mol. The maximum absolute atomic E-state index is 12.8. The number of aromatic amines is 1. The molecule has 1 fully saturated rings. The zero-order valence-corrected chi connectivity index (χ0v) is 24.4. The number of halogens is 3. The zero-order valence-electron chi connectivity index (χ0n) is 24.4. The van der Waals surface area contributed by atoms with E-state index in [1.807, 2.05) is 51.1 Å². The van der Waals surface area contributed by atoms with Gasteiger partial charge in [-0.25, -0.2) is 24.7 Å². The average Bonchev–Trinajstić information content (AvgIpc) is 3.33. The van der Waals surface area contributed by atoms with Crippen molar-refractivity contribution >= 4 is 34.7 Å². The monoisotopic (exact) mass is 597 g/mol. The van der Waals surface area contributed by atoms with Crippen LogP contribution in [-0.4, -0.2) is 92.4 Å². The number of carbonyl (C=O) groups excluding carboxylic acids is 1. The molecule has 1 amide bonds. The first kappa shape index (κ1) is 30.0. The standard InChI is InChI=1S/C29H34F3N9O2/c1-28(2,3)43-27(42)41-11-9-40(10-12-41)16-19-7-8-33-24(13-19)38-26-36-21-6-5-20(14-23(21)37-26)22-15-25(35-18-34-22)39(4)17-29(30,31)32/h5-8,13-15,18H,9-12,16-17H2,1-4H3,(H2,33,36,37,38). The van der Waals surface area contributed by atoms with E-state index in [1.54, 1.807) is 11.1 Å². The molecule has 228 valence electrons. The second-order valence-electron chi connectivity index (χ2n) is 11.5. The molecule has 0 spiro atoms. The van der Waals surface area contributed by atoms with E-state index in [0.717, 1.165) is 29.1 Å². The number of amides is 1. The highest BCUT2D eigenvalue weighted by atomic mass is 19.4. The molecule has 14 heteroatoms. The predicted molar refractivity (Wildman–Crippen MR) is 157 cm³/mol. The summed E-state index contributed by atoms with van der Waals surface area (Å²) >= 11 is 0. The third-order valence-corrected chi connectivity index (χ3v) is 6.74. The minimum atomic E-state index is -4.34. The number of piperazine rings is 1. The number of hydrogen-bond donors (Lipinski definition) is 2. The number of alkyl halides is 3. The minimum Gasteiger partial charge on any atom is -0.444 e. The lowest BCUT2D eigenvalue weighted by molar-refractivity contribution is -0.119. The summed E-state index contributed by atoms with van der Waals surface area (Å²) < 4.78 is 44.0. The fourth-order valence-electron chi connectivity index (χ4n) is 4.73. The number of aromatic nitrogens is 5. The molecule has 4 heterocycles. The van der Waals surface area contributed by atoms with Crippen LogP contribution < -0.4 is 10.2 Å². The van der Waals surface area contributed by atoms with Gasteiger partial charge in [-0.1, -0.05) is 6.07 Å². The van der Waals surface area contributed by atoms with Gasteiger partial charge in [-0.2, -0.15) is 13.2 Å². The van der Waals surface area contributed by atoms with Gasteiger partial charge in [0.1, 0.15) is 30.1 Å². The van der Waals surface area contributed by atoms with Crippen molar-refractivity contribution in [3.63, 3.8) is 0 Å². The minimum absolute atomic E-state index is 0.172. The third kappa shape index (κ3) is 8.09. The van der Waals surface area contributed by atoms with Crippen LogP contribution >= 0.6 is 0 Å². The number of ether oxygens (including phenoxy) is 1. The number of pyridine rings is 1. The molecule has 0 aliphatic carbocycles. The van der Waals surface area contributed by atoms with Gasteiger partial charge in [-0.3, -0.25) is 4.90 Å². The second kappa shape index (κ2) is 12.0. The molecular weight excluding hydrogens is 563 g/mol. The number of imidazole rings is 1. The van der Waals surface area contributed by atoms with E-state index in [4.69, 9.17) is 4.74 Å². The highest BCUT2D eigenvalue weighted by molar-refractivity contribution is 5.83. The molecule has 11 nitrogen and oxygen atoms in total. The highest BCUT2D eigenvalue weighted by Crippen LogP contribution is 2.27. The van der Waals surface area contributed by atoms with Crippen molar-refractivity contribution in [2.24, 2.45) is 0 Å². The Balaban J connectivity index is 1.22. The van der Waals surface area contributed by atoms with E-state index in [-0.39, 0.29) is 11.9 Å². The maximum atomic E-state index is 12.8. The Hall–Kier alpha value is -4.46. The zero-order chi connectivity index (χ0) is 30.8. The van der Waals surface area contributed by atoms with E-state index < -0.39 is 18.3 Å². The number of carbonyl (C=O) groups is 1. The molecule has 1 aliphatic rings. The number of nitrogens with zero attached hydrogens (tertiary/aromatic N) is 7. The summed E-state index contributed by atoms with van der Waals surface area (Å²) in [6, 6.07) is 10.9. The van der Waals surface area contributed by atoms with Gasteiger partial charge in [-0.15, -0.1) is 0 Å². The molecule has 43 heavy (non-hydrogen) atoms. The van der Waals surface area contributed by atoms with Gasteiger partial charge in [0, 0.05) is 57.6 Å². The Morgan fingerprint density at radius 3 is 2.53 bits per heavy atom. The first-order valence-electron chi connectivity index (χ1n) is 13.8. The number of H-pyrrole nitrogens is 1. The van der Waals surface area contributed by atoms with Crippen molar-refractivity contribution in [3.05, 3.63) is 54.5 Å². The van der Waals surface area contributed by atoms with Gasteiger partial charge < -0.3 is 24.8 Å². The summed E-state index contributed by atoms with van der Waals surface area (Å²) in [7, 11) is 1.34. The molecule has 0 saturated carbocycles.